The molecule has 1 aromatic carbocycles. The summed E-state index contributed by atoms with van der Waals surface area (Å²) in [5, 5.41) is 0. The van der Waals surface area contributed by atoms with Gasteiger partial charge < -0.3 is 0 Å². The highest BCUT2D eigenvalue weighted by molar-refractivity contribution is 5.34. The number of rotatable bonds is 4. The van der Waals surface area contributed by atoms with Gasteiger partial charge in [-0.05, 0) is 25.3 Å². The SMILES string of the molecule is C=C(C)C(NN)C1(c2ccccc2)CCC1. The molecule has 0 bridgehead atoms. The lowest BCUT2D eigenvalue weighted by Crippen LogP contribution is -2.55. The second-order valence-electron chi connectivity index (χ2n) is 4.82. The highest BCUT2D eigenvalue weighted by atomic mass is 15.2. The Labute approximate surface area is 97.5 Å². The van der Waals surface area contributed by atoms with Crippen molar-refractivity contribution >= 4 is 0 Å². The summed E-state index contributed by atoms with van der Waals surface area (Å²) in [4.78, 5) is 0. The fourth-order valence-electron chi connectivity index (χ4n) is 2.85. The van der Waals surface area contributed by atoms with Gasteiger partial charge in [-0.3, -0.25) is 11.3 Å². The fraction of sp³-hybridized carbons (Fsp3) is 0.429. The van der Waals surface area contributed by atoms with E-state index in [1.165, 1.54) is 24.8 Å². The maximum atomic E-state index is 5.70. The molecule has 2 nitrogen and oxygen atoms in total. The van der Waals surface area contributed by atoms with Gasteiger partial charge in [0, 0.05) is 5.41 Å². The van der Waals surface area contributed by atoms with E-state index in [0.29, 0.717) is 0 Å². The van der Waals surface area contributed by atoms with Crippen LogP contribution in [0, 0.1) is 0 Å². The van der Waals surface area contributed by atoms with Crippen molar-refractivity contribution in [2.45, 2.75) is 37.6 Å². The smallest absolute Gasteiger partial charge is 0.0511 e. The Morgan fingerprint density at radius 1 is 1.38 bits per heavy atom. The summed E-state index contributed by atoms with van der Waals surface area (Å²) >= 11 is 0. The summed E-state index contributed by atoms with van der Waals surface area (Å²) in [5.41, 5.74) is 5.61. The van der Waals surface area contributed by atoms with Crippen molar-refractivity contribution in [1.29, 1.82) is 0 Å². The van der Waals surface area contributed by atoms with E-state index < -0.39 is 0 Å². The van der Waals surface area contributed by atoms with Crippen molar-refractivity contribution in [3.63, 3.8) is 0 Å². The zero-order valence-electron chi connectivity index (χ0n) is 9.87. The molecular weight excluding hydrogens is 196 g/mol. The molecule has 0 aromatic heterocycles. The highest BCUT2D eigenvalue weighted by Crippen LogP contribution is 2.47. The van der Waals surface area contributed by atoms with Crippen molar-refractivity contribution in [1.82, 2.24) is 5.43 Å². The lowest BCUT2D eigenvalue weighted by atomic mass is 9.59. The van der Waals surface area contributed by atoms with E-state index >= 15 is 0 Å². The molecule has 0 heterocycles. The van der Waals surface area contributed by atoms with Crippen LogP contribution in [0.4, 0.5) is 0 Å². The van der Waals surface area contributed by atoms with Crippen LogP contribution in [-0.2, 0) is 5.41 Å². The van der Waals surface area contributed by atoms with Gasteiger partial charge in [-0.2, -0.15) is 0 Å². The number of nitrogens with one attached hydrogen (secondary N) is 1. The molecule has 1 aromatic rings. The molecule has 0 radical (unpaired) electrons. The van der Waals surface area contributed by atoms with Crippen LogP contribution < -0.4 is 11.3 Å². The first-order valence-electron chi connectivity index (χ1n) is 5.88. The van der Waals surface area contributed by atoms with E-state index in [0.717, 1.165) is 5.57 Å². The first-order valence-corrected chi connectivity index (χ1v) is 5.88. The van der Waals surface area contributed by atoms with Crippen molar-refractivity contribution < 1.29 is 0 Å². The topological polar surface area (TPSA) is 38.0 Å². The van der Waals surface area contributed by atoms with Crippen LogP contribution in [-0.4, -0.2) is 6.04 Å². The molecule has 1 fully saturated rings. The zero-order valence-corrected chi connectivity index (χ0v) is 9.87. The third-order valence-electron chi connectivity index (χ3n) is 3.81. The molecule has 16 heavy (non-hydrogen) atoms. The maximum absolute atomic E-state index is 5.70. The van der Waals surface area contributed by atoms with E-state index in [-0.39, 0.29) is 11.5 Å². The summed E-state index contributed by atoms with van der Waals surface area (Å²) in [6, 6.07) is 10.8. The van der Waals surface area contributed by atoms with Gasteiger partial charge in [0.15, 0.2) is 0 Å². The summed E-state index contributed by atoms with van der Waals surface area (Å²) in [7, 11) is 0. The van der Waals surface area contributed by atoms with E-state index in [9.17, 15) is 0 Å². The Kier molecular flexibility index (Phi) is 3.13. The zero-order chi connectivity index (χ0) is 11.6. The van der Waals surface area contributed by atoms with Crippen LogP contribution >= 0.6 is 0 Å². The molecular formula is C14H20N2. The second-order valence-corrected chi connectivity index (χ2v) is 4.82. The molecule has 0 amide bonds. The van der Waals surface area contributed by atoms with Crippen molar-refractivity contribution in [2.75, 3.05) is 0 Å². The Bertz CT molecular complexity index is 366. The number of nitrogens with two attached hydrogens (primary N) is 1. The van der Waals surface area contributed by atoms with E-state index in [1.54, 1.807) is 0 Å². The molecule has 3 N–H and O–H groups in total. The molecule has 1 atom stereocenters. The molecule has 1 unspecified atom stereocenters. The predicted molar refractivity (Wildman–Crippen MR) is 67.9 cm³/mol. The lowest BCUT2D eigenvalue weighted by Gasteiger charge is -2.48. The fourth-order valence-corrected chi connectivity index (χ4v) is 2.85. The van der Waals surface area contributed by atoms with Crippen LogP contribution in [0.1, 0.15) is 31.7 Å². The molecule has 1 saturated carbocycles. The average molecular weight is 216 g/mol. The number of hydrazine groups is 1. The minimum Gasteiger partial charge on any atom is -0.271 e. The first-order chi connectivity index (χ1) is 7.70. The molecule has 0 spiro atoms. The summed E-state index contributed by atoms with van der Waals surface area (Å²) in [6.45, 7) is 6.11. The van der Waals surface area contributed by atoms with E-state index in [1.807, 2.05) is 6.92 Å². The molecule has 1 aliphatic carbocycles. The van der Waals surface area contributed by atoms with Gasteiger partial charge >= 0.3 is 0 Å². The van der Waals surface area contributed by atoms with Gasteiger partial charge in [0.1, 0.15) is 0 Å². The largest absolute Gasteiger partial charge is 0.271 e. The molecule has 0 saturated heterocycles. The molecule has 0 aliphatic heterocycles. The standard InChI is InChI=1S/C14H20N2/c1-11(2)13(16-15)14(9-6-10-14)12-7-4-3-5-8-12/h3-5,7-8,13,16H,1,6,9-10,15H2,2H3. The average Bonchev–Trinajstić information content (AvgIpc) is 2.23. The normalized spacial score (nSPS) is 19.9. The number of benzene rings is 1. The van der Waals surface area contributed by atoms with E-state index in [4.69, 9.17) is 5.84 Å². The summed E-state index contributed by atoms with van der Waals surface area (Å²) in [5.74, 6) is 5.70. The Hall–Kier alpha value is -1.12. The predicted octanol–water partition coefficient (Wildman–Crippen LogP) is 2.52. The lowest BCUT2D eigenvalue weighted by molar-refractivity contribution is 0.189. The molecule has 2 heteroatoms. The quantitative estimate of drug-likeness (QED) is 0.461. The minimum absolute atomic E-state index is 0.168. The summed E-state index contributed by atoms with van der Waals surface area (Å²) in [6.07, 6.45) is 3.66. The van der Waals surface area contributed by atoms with Crippen LogP contribution in [0.3, 0.4) is 0 Å². The highest BCUT2D eigenvalue weighted by Gasteiger charge is 2.45. The Morgan fingerprint density at radius 2 is 2.00 bits per heavy atom. The second kappa shape index (κ2) is 4.40. The van der Waals surface area contributed by atoms with Gasteiger partial charge in [0.2, 0.25) is 0 Å². The van der Waals surface area contributed by atoms with Gasteiger partial charge in [-0.1, -0.05) is 48.9 Å². The molecule has 86 valence electrons. The number of hydrogen-bond donors (Lipinski definition) is 2. The van der Waals surface area contributed by atoms with Crippen molar-refractivity contribution in [2.24, 2.45) is 5.84 Å². The van der Waals surface area contributed by atoms with Crippen LogP contribution in [0.2, 0.25) is 0 Å². The van der Waals surface area contributed by atoms with Gasteiger partial charge in [-0.25, -0.2) is 0 Å². The van der Waals surface area contributed by atoms with Crippen LogP contribution in [0.15, 0.2) is 42.5 Å². The number of hydrogen-bond acceptors (Lipinski definition) is 2. The van der Waals surface area contributed by atoms with Crippen molar-refractivity contribution in [3.8, 4) is 0 Å². The maximum Gasteiger partial charge on any atom is 0.0511 e. The van der Waals surface area contributed by atoms with Gasteiger partial charge in [-0.15, -0.1) is 0 Å². The van der Waals surface area contributed by atoms with Crippen molar-refractivity contribution in [3.05, 3.63) is 48.0 Å². The first kappa shape index (κ1) is 11.4. The molecule has 1 aliphatic rings. The van der Waals surface area contributed by atoms with Crippen LogP contribution in [0.5, 0.6) is 0 Å². The Balaban J connectivity index is 2.36. The van der Waals surface area contributed by atoms with Gasteiger partial charge in [0.25, 0.3) is 0 Å². The third kappa shape index (κ3) is 1.68. The van der Waals surface area contributed by atoms with E-state index in [2.05, 4.69) is 42.3 Å². The van der Waals surface area contributed by atoms with Crippen LogP contribution in [0.25, 0.3) is 0 Å². The minimum atomic E-state index is 0.168. The molecule has 2 rings (SSSR count). The summed E-state index contributed by atoms with van der Waals surface area (Å²) < 4.78 is 0. The van der Waals surface area contributed by atoms with Gasteiger partial charge in [0.05, 0.1) is 6.04 Å². The Morgan fingerprint density at radius 3 is 2.38 bits per heavy atom. The third-order valence-corrected chi connectivity index (χ3v) is 3.81. The monoisotopic (exact) mass is 216 g/mol.